The molecule has 0 aliphatic carbocycles. The zero-order chi connectivity index (χ0) is 28.3. The first kappa shape index (κ1) is 28.1. The van der Waals surface area contributed by atoms with Gasteiger partial charge < -0.3 is 16.2 Å². The van der Waals surface area contributed by atoms with Crippen molar-refractivity contribution in [2.24, 2.45) is 5.73 Å². The zero-order valence-corrected chi connectivity index (χ0v) is 22.3. The molecule has 0 unspecified atom stereocenters. The first-order valence-corrected chi connectivity index (χ1v) is 13.4. The molecular weight excluding hydrogens is 568 g/mol. The van der Waals surface area contributed by atoms with Crippen molar-refractivity contribution in [3.8, 4) is 11.1 Å². The number of primary amides is 1. The summed E-state index contributed by atoms with van der Waals surface area (Å²) < 4.78 is 27.0. The number of aromatic carboxylic acids is 1. The molecule has 1 fully saturated rings. The third-order valence-corrected chi connectivity index (χ3v) is 7.86. The summed E-state index contributed by atoms with van der Waals surface area (Å²) in [6.07, 6.45) is 1.31. The van der Waals surface area contributed by atoms with Gasteiger partial charge in [-0.2, -0.15) is 0 Å². The number of rotatable bonds is 9. The highest BCUT2D eigenvalue weighted by atomic mass is 32.2. The second-order valence-corrected chi connectivity index (χ2v) is 10.9. The molecule has 39 heavy (non-hydrogen) atoms. The van der Waals surface area contributed by atoms with Crippen molar-refractivity contribution in [1.29, 1.82) is 0 Å². The number of nitrogens with one attached hydrogen (secondary N) is 1. The predicted molar refractivity (Wildman–Crippen MR) is 149 cm³/mol. The number of thiocarbonyl (C=S) groups is 1. The molecule has 13 heteroatoms. The lowest BCUT2D eigenvalue weighted by atomic mass is 10.1. The second kappa shape index (κ2) is 11.8. The van der Waals surface area contributed by atoms with Crippen molar-refractivity contribution in [3.63, 3.8) is 0 Å². The van der Waals surface area contributed by atoms with Gasteiger partial charge in [-0.1, -0.05) is 30.0 Å². The Morgan fingerprint density at radius 2 is 1.79 bits per heavy atom. The van der Waals surface area contributed by atoms with Crippen LogP contribution in [0.4, 0.5) is 14.5 Å². The summed E-state index contributed by atoms with van der Waals surface area (Å²) in [7, 11) is 0. The fraction of sp³-hybridized carbons (Fsp3) is 0.115. The molecule has 1 aromatic heterocycles. The SMILES string of the molecule is NC(=O)CC[C@H](C(=O)Nc1ccc(C(=O)O)cc1)N1C(=O)/C(=C/c2cc(-c3ccc(F)c(F)c3)cs2)SC1=S. The highest BCUT2D eigenvalue weighted by Gasteiger charge is 2.40. The first-order valence-electron chi connectivity index (χ1n) is 11.3. The Morgan fingerprint density at radius 1 is 1.08 bits per heavy atom. The number of hydrogen-bond acceptors (Lipinski definition) is 7. The maximum absolute atomic E-state index is 13.6. The number of carboxylic acid groups (broad SMARTS) is 1. The van der Waals surface area contributed by atoms with Crippen molar-refractivity contribution in [3.05, 3.63) is 80.9 Å². The van der Waals surface area contributed by atoms with Gasteiger partial charge in [0.2, 0.25) is 11.8 Å². The Morgan fingerprint density at radius 3 is 2.44 bits per heavy atom. The maximum Gasteiger partial charge on any atom is 0.335 e. The van der Waals surface area contributed by atoms with Crippen LogP contribution >= 0.6 is 35.3 Å². The van der Waals surface area contributed by atoms with Gasteiger partial charge in [-0.15, -0.1) is 11.3 Å². The van der Waals surface area contributed by atoms with Gasteiger partial charge in [0, 0.05) is 17.0 Å². The monoisotopic (exact) mass is 587 g/mol. The number of carbonyl (C=O) groups is 4. The topological polar surface area (TPSA) is 130 Å². The molecular formula is C26H19F2N3O5S3. The fourth-order valence-electron chi connectivity index (χ4n) is 3.71. The van der Waals surface area contributed by atoms with E-state index < -0.39 is 41.4 Å². The molecule has 4 N–H and O–H groups in total. The van der Waals surface area contributed by atoms with Gasteiger partial charge in [0.25, 0.3) is 5.91 Å². The average molecular weight is 588 g/mol. The number of thioether (sulfide) groups is 1. The van der Waals surface area contributed by atoms with Crippen LogP contribution in [0.15, 0.2) is 58.8 Å². The highest BCUT2D eigenvalue weighted by Crippen LogP contribution is 2.37. The first-order chi connectivity index (χ1) is 18.5. The van der Waals surface area contributed by atoms with E-state index in [9.17, 15) is 28.0 Å². The molecule has 2 heterocycles. The van der Waals surface area contributed by atoms with Crippen molar-refractivity contribution in [1.82, 2.24) is 4.90 Å². The number of carbonyl (C=O) groups excluding carboxylic acids is 3. The van der Waals surface area contributed by atoms with Crippen LogP contribution in [-0.4, -0.2) is 44.1 Å². The number of hydrogen-bond donors (Lipinski definition) is 3. The fourth-order valence-corrected chi connectivity index (χ4v) is 5.98. The largest absolute Gasteiger partial charge is 0.478 e. The molecule has 0 radical (unpaired) electrons. The minimum Gasteiger partial charge on any atom is -0.478 e. The van der Waals surface area contributed by atoms with E-state index in [0.717, 1.165) is 28.8 Å². The van der Waals surface area contributed by atoms with E-state index in [2.05, 4.69) is 5.32 Å². The average Bonchev–Trinajstić information content (AvgIpc) is 3.46. The van der Waals surface area contributed by atoms with E-state index in [0.29, 0.717) is 21.7 Å². The van der Waals surface area contributed by atoms with E-state index in [1.807, 2.05) is 0 Å². The van der Waals surface area contributed by atoms with Crippen LogP contribution in [-0.2, 0) is 14.4 Å². The molecule has 0 saturated carbocycles. The molecule has 0 bridgehead atoms. The Bertz CT molecular complexity index is 1520. The van der Waals surface area contributed by atoms with Gasteiger partial charge in [0.05, 0.1) is 10.5 Å². The van der Waals surface area contributed by atoms with Gasteiger partial charge in [-0.3, -0.25) is 19.3 Å². The van der Waals surface area contributed by atoms with Crippen molar-refractivity contribution < 1.29 is 33.1 Å². The van der Waals surface area contributed by atoms with Crippen molar-refractivity contribution in [2.75, 3.05) is 5.32 Å². The summed E-state index contributed by atoms with van der Waals surface area (Å²) in [5.41, 5.74) is 6.70. The van der Waals surface area contributed by atoms with Crippen LogP contribution in [0.2, 0.25) is 0 Å². The third kappa shape index (κ3) is 6.56. The number of benzene rings is 2. The van der Waals surface area contributed by atoms with E-state index in [1.54, 1.807) is 17.5 Å². The van der Waals surface area contributed by atoms with Crippen LogP contribution < -0.4 is 11.1 Å². The maximum atomic E-state index is 13.6. The van der Waals surface area contributed by atoms with E-state index in [1.165, 1.54) is 41.7 Å². The number of nitrogens with zero attached hydrogens (tertiary/aromatic N) is 1. The van der Waals surface area contributed by atoms with Gasteiger partial charge >= 0.3 is 5.97 Å². The molecule has 1 aliphatic rings. The van der Waals surface area contributed by atoms with Gasteiger partial charge in [0.1, 0.15) is 10.4 Å². The summed E-state index contributed by atoms with van der Waals surface area (Å²) in [6, 6.07) is 9.54. The number of amides is 3. The summed E-state index contributed by atoms with van der Waals surface area (Å²) in [5, 5.41) is 13.4. The molecule has 0 spiro atoms. The van der Waals surface area contributed by atoms with Crippen LogP contribution in [0, 0.1) is 11.6 Å². The van der Waals surface area contributed by atoms with Crippen LogP contribution in [0.25, 0.3) is 17.2 Å². The molecule has 3 amide bonds. The molecule has 1 saturated heterocycles. The lowest BCUT2D eigenvalue weighted by Crippen LogP contribution is -2.46. The zero-order valence-electron chi connectivity index (χ0n) is 19.9. The molecule has 3 aromatic rings. The lowest BCUT2D eigenvalue weighted by Gasteiger charge is -2.25. The number of anilines is 1. The normalized spacial score (nSPS) is 15.0. The summed E-state index contributed by atoms with van der Waals surface area (Å²) in [5.74, 6) is -4.89. The summed E-state index contributed by atoms with van der Waals surface area (Å²) in [6.45, 7) is 0. The summed E-state index contributed by atoms with van der Waals surface area (Å²) in [4.78, 5) is 51.1. The quantitative estimate of drug-likeness (QED) is 0.241. The van der Waals surface area contributed by atoms with E-state index in [-0.39, 0.29) is 27.6 Å². The van der Waals surface area contributed by atoms with Crippen LogP contribution in [0.1, 0.15) is 28.1 Å². The second-order valence-electron chi connectivity index (χ2n) is 8.31. The predicted octanol–water partition coefficient (Wildman–Crippen LogP) is 4.87. The highest BCUT2D eigenvalue weighted by molar-refractivity contribution is 8.26. The number of thiophene rings is 1. The Balaban J connectivity index is 1.55. The molecule has 2 aromatic carbocycles. The minimum atomic E-state index is -1.16. The molecule has 8 nitrogen and oxygen atoms in total. The Kier molecular flexibility index (Phi) is 8.53. The Hall–Kier alpha value is -3.94. The van der Waals surface area contributed by atoms with Crippen LogP contribution in [0.3, 0.4) is 0 Å². The summed E-state index contributed by atoms with van der Waals surface area (Å²) >= 11 is 7.66. The number of carboxylic acids is 1. The molecule has 1 aliphatic heterocycles. The van der Waals surface area contributed by atoms with E-state index >= 15 is 0 Å². The van der Waals surface area contributed by atoms with Crippen molar-refractivity contribution >= 4 is 75.1 Å². The van der Waals surface area contributed by atoms with Gasteiger partial charge in [-0.25, -0.2) is 13.6 Å². The van der Waals surface area contributed by atoms with Gasteiger partial charge in [-0.05, 0) is 71.5 Å². The Labute approximate surface area is 234 Å². The van der Waals surface area contributed by atoms with E-state index in [4.69, 9.17) is 23.1 Å². The third-order valence-electron chi connectivity index (χ3n) is 5.65. The standard InChI is InChI=1S/C26H19F2N3O5S3/c27-18-6-3-14(10-19(18)28)15-9-17(38-12-15)11-21-24(34)31(26(37)39-21)20(7-8-22(29)32)23(33)30-16-4-1-13(2-5-16)25(35)36/h1-6,9-12,20H,7-8H2,(H2,29,32)(H,30,33)(H,35,36)/b21-11-/t20-/m1/s1. The number of halogens is 2. The molecule has 1 atom stereocenters. The van der Waals surface area contributed by atoms with Crippen molar-refractivity contribution in [2.45, 2.75) is 18.9 Å². The number of nitrogens with two attached hydrogens (primary N) is 1. The van der Waals surface area contributed by atoms with Gasteiger partial charge in [0.15, 0.2) is 11.6 Å². The smallest absolute Gasteiger partial charge is 0.335 e. The molecule has 200 valence electrons. The van der Waals surface area contributed by atoms with Crippen LogP contribution in [0.5, 0.6) is 0 Å². The minimum absolute atomic E-state index is 0.0293. The lowest BCUT2D eigenvalue weighted by molar-refractivity contribution is -0.130. The molecule has 4 rings (SSSR count).